The Bertz CT molecular complexity index is 1720. The van der Waals surface area contributed by atoms with Crippen LogP contribution in [0.1, 0.15) is 54.7 Å². The number of alkyl halides is 6. The van der Waals surface area contributed by atoms with Gasteiger partial charge in [-0.2, -0.15) is 35.9 Å². The Labute approximate surface area is 268 Å². The van der Waals surface area contributed by atoms with Crippen molar-refractivity contribution < 1.29 is 55.2 Å². The molecule has 2 aromatic carbocycles. The van der Waals surface area contributed by atoms with E-state index in [1.165, 1.54) is 0 Å². The van der Waals surface area contributed by atoms with E-state index in [-0.39, 0.29) is 35.7 Å². The van der Waals surface area contributed by atoms with Crippen LogP contribution in [0.25, 0.3) is 0 Å². The van der Waals surface area contributed by atoms with Gasteiger partial charge in [-0.15, -0.1) is 20.4 Å². The highest BCUT2D eigenvalue weighted by molar-refractivity contribution is 5.71. The summed E-state index contributed by atoms with van der Waals surface area (Å²) in [6, 6.07) is 5.74. The zero-order chi connectivity index (χ0) is 35.9. The number of aromatic nitrogens is 8. The first kappa shape index (κ1) is 37.2. The lowest BCUT2D eigenvalue weighted by molar-refractivity contribution is -0.157. The predicted molar refractivity (Wildman–Crippen MR) is 151 cm³/mol. The number of benzene rings is 2. The molecule has 2 heterocycles. The van der Waals surface area contributed by atoms with Crippen molar-refractivity contribution in [3.63, 3.8) is 0 Å². The molecule has 0 aliphatic heterocycles. The Balaban J connectivity index is 0.000000264. The van der Waals surface area contributed by atoms with E-state index in [1.54, 1.807) is 34.6 Å². The molecule has 20 heteroatoms. The first-order chi connectivity index (χ1) is 22.2. The summed E-state index contributed by atoms with van der Waals surface area (Å²) in [6.07, 6.45) is -9.03. The van der Waals surface area contributed by atoms with Crippen LogP contribution < -0.4 is 9.47 Å². The highest BCUT2D eigenvalue weighted by Crippen LogP contribution is 2.34. The minimum atomic E-state index is -4.52. The van der Waals surface area contributed by atoms with E-state index in [4.69, 9.17) is 19.3 Å². The van der Waals surface area contributed by atoms with Crippen molar-refractivity contribution in [3.8, 4) is 11.5 Å². The van der Waals surface area contributed by atoms with E-state index in [0.717, 1.165) is 46.0 Å². The third-order valence-corrected chi connectivity index (χ3v) is 5.62. The smallest absolute Gasteiger partial charge is 0.416 e. The average molecular weight is 689 g/mol. The lowest BCUT2D eigenvalue weighted by atomic mass is 10.1. The van der Waals surface area contributed by atoms with Crippen LogP contribution >= 0.6 is 0 Å². The van der Waals surface area contributed by atoms with E-state index in [0.29, 0.717) is 11.6 Å². The fourth-order valence-electron chi connectivity index (χ4n) is 3.77. The number of carboxylic acids is 1. The van der Waals surface area contributed by atoms with Crippen LogP contribution in [-0.2, 0) is 39.8 Å². The number of hydrogen-bond acceptors (Lipinski definition) is 11. The number of esters is 1. The molecule has 2 aromatic heterocycles. The van der Waals surface area contributed by atoms with Crippen LogP contribution in [0, 0.1) is 13.8 Å². The fourth-order valence-corrected chi connectivity index (χ4v) is 3.77. The van der Waals surface area contributed by atoms with Crippen LogP contribution in [0.3, 0.4) is 0 Å². The molecule has 0 fully saturated rings. The normalized spacial score (nSPS) is 11.8. The zero-order valence-corrected chi connectivity index (χ0v) is 26.1. The molecule has 260 valence electrons. The topological polar surface area (TPSA) is 169 Å². The van der Waals surface area contributed by atoms with Gasteiger partial charge < -0.3 is 19.3 Å². The molecule has 0 radical (unpaired) electrons. The van der Waals surface area contributed by atoms with Crippen LogP contribution in [0.5, 0.6) is 11.5 Å². The van der Waals surface area contributed by atoms with Crippen molar-refractivity contribution in [1.82, 2.24) is 40.4 Å². The van der Waals surface area contributed by atoms with Gasteiger partial charge in [0.15, 0.2) is 24.9 Å². The average Bonchev–Trinajstić information content (AvgIpc) is 3.56. The summed E-state index contributed by atoms with van der Waals surface area (Å²) in [4.78, 5) is 24.5. The van der Waals surface area contributed by atoms with Crippen LogP contribution in [0.15, 0.2) is 36.4 Å². The summed E-state index contributed by atoms with van der Waals surface area (Å²) >= 11 is 0. The Hall–Kier alpha value is -5.30. The van der Waals surface area contributed by atoms with Gasteiger partial charge in [-0.1, -0.05) is 0 Å². The van der Waals surface area contributed by atoms with E-state index < -0.39 is 54.2 Å². The van der Waals surface area contributed by atoms with Gasteiger partial charge >= 0.3 is 24.3 Å². The molecular formula is C28H30F6N8O6. The minimum absolute atomic E-state index is 0.0188. The Morgan fingerprint density at radius 3 is 1.48 bits per heavy atom. The lowest BCUT2D eigenvalue weighted by Crippen LogP contribution is -2.27. The SMILES string of the molecule is Cc1nnn(Cc2cc(C(F)(F)F)ccc2OCC(=O)O)n1.Cc1nnn(Cc2cc(C(F)(F)F)ccc2OCC(=O)OC(C)(C)C)n1. The van der Waals surface area contributed by atoms with Gasteiger partial charge in [0.25, 0.3) is 0 Å². The summed E-state index contributed by atoms with van der Waals surface area (Å²) in [5.41, 5.74) is -2.13. The van der Waals surface area contributed by atoms with Gasteiger partial charge in [-0.3, -0.25) is 0 Å². The molecule has 0 spiro atoms. The van der Waals surface area contributed by atoms with Crippen LogP contribution in [0.4, 0.5) is 26.3 Å². The van der Waals surface area contributed by atoms with E-state index in [2.05, 4.69) is 30.8 Å². The fraction of sp³-hybridized carbons (Fsp3) is 0.429. The third-order valence-electron chi connectivity index (χ3n) is 5.62. The van der Waals surface area contributed by atoms with Crippen molar-refractivity contribution in [1.29, 1.82) is 0 Å². The minimum Gasteiger partial charge on any atom is -0.482 e. The number of tetrazole rings is 2. The number of carboxylic acid groups (broad SMARTS) is 1. The summed E-state index contributed by atoms with van der Waals surface area (Å²) in [5.74, 6) is -0.990. The Morgan fingerprint density at radius 1 is 0.729 bits per heavy atom. The van der Waals surface area contributed by atoms with E-state index in [9.17, 15) is 35.9 Å². The Morgan fingerprint density at radius 2 is 1.15 bits per heavy atom. The summed E-state index contributed by atoms with van der Waals surface area (Å²) in [5, 5.41) is 31.1. The molecule has 14 nitrogen and oxygen atoms in total. The molecule has 4 aromatic rings. The number of halogens is 6. The molecule has 4 rings (SSSR count). The number of hydrogen-bond donors (Lipinski definition) is 1. The van der Waals surface area contributed by atoms with E-state index >= 15 is 0 Å². The maximum Gasteiger partial charge on any atom is 0.416 e. The zero-order valence-electron chi connectivity index (χ0n) is 26.1. The number of aryl methyl sites for hydroxylation is 2. The first-order valence-corrected chi connectivity index (χ1v) is 13.8. The second-order valence-electron chi connectivity index (χ2n) is 10.9. The van der Waals surface area contributed by atoms with Gasteiger partial charge in [-0.05, 0) is 81.4 Å². The monoisotopic (exact) mass is 688 g/mol. The Kier molecular flexibility index (Phi) is 11.7. The molecule has 0 bridgehead atoms. The molecule has 0 aliphatic carbocycles. The molecule has 0 amide bonds. The number of carbonyl (C=O) groups is 2. The highest BCUT2D eigenvalue weighted by Gasteiger charge is 2.32. The van der Waals surface area contributed by atoms with Crippen molar-refractivity contribution in [2.24, 2.45) is 0 Å². The largest absolute Gasteiger partial charge is 0.482 e. The molecule has 0 saturated carbocycles. The summed E-state index contributed by atoms with van der Waals surface area (Å²) < 4.78 is 92.7. The lowest BCUT2D eigenvalue weighted by Gasteiger charge is -2.20. The molecule has 1 N–H and O–H groups in total. The number of aliphatic carboxylic acids is 1. The second-order valence-corrected chi connectivity index (χ2v) is 10.9. The first-order valence-electron chi connectivity index (χ1n) is 13.8. The predicted octanol–water partition coefficient (Wildman–Crippen LogP) is 4.28. The molecule has 0 aliphatic rings. The second kappa shape index (κ2) is 15.1. The molecule has 48 heavy (non-hydrogen) atoms. The van der Waals surface area contributed by atoms with Gasteiger partial charge in [0.05, 0.1) is 24.2 Å². The maximum absolute atomic E-state index is 13.0. The van der Waals surface area contributed by atoms with Gasteiger partial charge in [0.2, 0.25) is 0 Å². The number of carbonyl (C=O) groups excluding carboxylic acids is 1. The maximum atomic E-state index is 13.0. The molecular weight excluding hydrogens is 658 g/mol. The quantitative estimate of drug-likeness (QED) is 0.186. The highest BCUT2D eigenvalue weighted by atomic mass is 19.4. The van der Waals surface area contributed by atoms with Crippen LogP contribution in [-0.4, -0.2) is 76.3 Å². The van der Waals surface area contributed by atoms with Crippen molar-refractivity contribution in [2.75, 3.05) is 13.2 Å². The molecule has 0 saturated heterocycles. The summed E-state index contributed by atoms with van der Waals surface area (Å²) in [7, 11) is 0. The number of nitrogens with zero attached hydrogens (tertiary/aromatic N) is 8. The number of ether oxygens (including phenoxy) is 3. The van der Waals surface area contributed by atoms with Gasteiger partial charge in [0.1, 0.15) is 17.1 Å². The van der Waals surface area contributed by atoms with Gasteiger partial charge in [0, 0.05) is 11.1 Å². The van der Waals surface area contributed by atoms with Crippen molar-refractivity contribution >= 4 is 11.9 Å². The third kappa shape index (κ3) is 11.8. The van der Waals surface area contributed by atoms with Gasteiger partial charge in [-0.25, -0.2) is 9.59 Å². The standard InChI is InChI=1S/C16H19F3N4O3.C12H11F3N4O3/c1-10-20-22-23(21-10)8-11-7-12(16(17,18)19)5-6-13(11)25-9-14(24)26-15(2,3)4;1-7-16-18-19(17-7)5-8-4-9(12(13,14)15)2-3-10(8)22-6-11(20)21/h5-7H,8-9H2,1-4H3;2-4H,5-6H2,1H3,(H,20,21). The molecule has 0 atom stereocenters. The summed E-state index contributed by atoms with van der Waals surface area (Å²) in [6.45, 7) is 6.98. The van der Waals surface area contributed by atoms with Crippen LogP contribution in [0.2, 0.25) is 0 Å². The number of rotatable bonds is 10. The van der Waals surface area contributed by atoms with E-state index in [1.807, 2.05) is 0 Å². The molecule has 0 unspecified atom stereocenters. The van der Waals surface area contributed by atoms with Crippen molar-refractivity contribution in [3.05, 3.63) is 70.3 Å². The van der Waals surface area contributed by atoms with Crippen molar-refractivity contribution in [2.45, 2.75) is 65.7 Å².